The molecular formula is C36H76N2O7. The summed E-state index contributed by atoms with van der Waals surface area (Å²) >= 11 is 0. The Labute approximate surface area is 279 Å². The molecule has 0 aliphatic carbocycles. The predicted molar refractivity (Wildman–Crippen MR) is 186 cm³/mol. The summed E-state index contributed by atoms with van der Waals surface area (Å²) in [4.78, 5) is 6.30. The highest BCUT2D eigenvalue weighted by atomic mass is 16.8. The topological polar surface area (TPSA) is 71.1 Å². The van der Waals surface area contributed by atoms with Gasteiger partial charge >= 0.3 is 0 Å². The van der Waals surface area contributed by atoms with E-state index >= 15 is 0 Å². The average molecular weight is 649 g/mol. The van der Waals surface area contributed by atoms with E-state index < -0.39 is 0 Å². The molecule has 0 aliphatic heterocycles. The van der Waals surface area contributed by atoms with Crippen LogP contribution in [0.15, 0.2) is 0 Å². The van der Waals surface area contributed by atoms with Crippen LogP contribution in [0.5, 0.6) is 0 Å². The molecule has 45 heavy (non-hydrogen) atoms. The number of rotatable bonds is 38. The van der Waals surface area contributed by atoms with Gasteiger partial charge in [-0.05, 0) is 39.5 Å². The number of unbranched alkanes of at least 4 members (excludes halogenated alkanes) is 10. The zero-order chi connectivity index (χ0) is 33.1. The fourth-order valence-corrected chi connectivity index (χ4v) is 4.88. The maximum atomic E-state index is 6.30. The number of hydrogen-bond acceptors (Lipinski definition) is 9. The molecule has 0 fully saturated rings. The Hall–Kier alpha value is -0.360. The SMILES string of the molecule is CCCCCCCCOCCOCCOCCC(C)N(CC)ON(CC)C(C)CCOCCOCCOCCCCCCCC. The van der Waals surface area contributed by atoms with Gasteiger partial charge in [0.2, 0.25) is 0 Å². The Morgan fingerprint density at radius 2 is 0.644 bits per heavy atom. The second-order valence-corrected chi connectivity index (χ2v) is 12.0. The largest absolute Gasteiger partial charge is 0.379 e. The molecule has 0 heterocycles. The second kappa shape index (κ2) is 36.5. The lowest BCUT2D eigenvalue weighted by atomic mass is 10.1. The smallest absolute Gasteiger partial charge is 0.0701 e. The lowest BCUT2D eigenvalue weighted by Crippen LogP contribution is -2.44. The molecule has 0 aromatic carbocycles. The molecule has 0 aliphatic rings. The van der Waals surface area contributed by atoms with Crippen molar-refractivity contribution in [2.45, 2.75) is 144 Å². The van der Waals surface area contributed by atoms with Crippen molar-refractivity contribution in [3.63, 3.8) is 0 Å². The molecular weight excluding hydrogens is 572 g/mol. The van der Waals surface area contributed by atoms with Crippen LogP contribution >= 0.6 is 0 Å². The van der Waals surface area contributed by atoms with Gasteiger partial charge < -0.3 is 28.4 Å². The van der Waals surface area contributed by atoms with E-state index in [4.69, 9.17) is 33.4 Å². The van der Waals surface area contributed by atoms with E-state index in [0.717, 1.165) is 52.0 Å². The van der Waals surface area contributed by atoms with Crippen LogP contribution in [0.3, 0.4) is 0 Å². The van der Waals surface area contributed by atoms with Gasteiger partial charge in [0.05, 0.1) is 52.9 Å². The molecule has 9 heteroatoms. The lowest BCUT2D eigenvalue weighted by molar-refractivity contribution is -0.349. The Balaban J connectivity index is 3.74. The summed E-state index contributed by atoms with van der Waals surface area (Å²) in [5.41, 5.74) is 0. The molecule has 0 N–H and O–H groups in total. The fourth-order valence-electron chi connectivity index (χ4n) is 4.88. The molecule has 2 atom stereocenters. The van der Waals surface area contributed by atoms with Crippen molar-refractivity contribution < 1.29 is 33.4 Å². The molecule has 0 aromatic rings. The normalized spacial score (nSPS) is 13.3. The molecule has 0 saturated heterocycles. The maximum Gasteiger partial charge on any atom is 0.0701 e. The van der Waals surface area contributed by atoms with E-state index in [1.807, 2.05) is 10.1 Å². The summed E-state index contributed by atoms with van der Waals surface area (Å²) in [5, 5.41) is 4.09. The van der Waals surface area contributed by atoms with Crippen molar-refractivity contribution >= 4 is 0 Å². The zero-order valence-corrected chi connectivity index (χ0v) is 30.7. The van der Waals surface area contributed by atoms with Gasteiger partial charge in [0, 0.05) is 51.6 Å². The van der Waals surface area contributed by atoms with E-state index in [1.165, 1.54) is 64.2 Å². The van der Waals surface area contributed by atoms with Crippen molar-refractivity contribution in [1.29, 1.82) is 0 Å². The van der Waals surface area contributed by atoms with Crippen molar-refractivity contribution in [2.24, 2.45) is 0 Å². The predicted octanol–water partition coefficient (Wildman–Crippen LogP) is 7.85. The highest BCUT2D eigenvalue weighted by Crippen LogP contribution is 2.12. The van der Waals surface area contributed by atoms with Crippen LogP contribution in [0.4, 0.5) is 0 Å². The first-order valence-corrected chi connectivity index (χ1v) is 18.8. The van der Waals surface area contributed by atoms with Gasteiger partial charge in [0.1, 0.15) is 0 Å². The van der Waals surface area contributed by atoms with Crippen molar-refractivity contribution in [3.8, 4) is 0 Å². The monoisotopic (exact) mass is 649 g/mol. The van der Waals surface area contributed by atoms with Crippen LogP contribution < -0.4 is 0 Å². The third-order valence-electron chi connectivity index (χ3n) is 7.95. The molecule has 2 unspecified atom stereocenters. The van der Waals surface area contributed by atoms with E-state index in [2.05, 4.69) is 41.5 Å². The van der Waals surface area contributed by atoms with Gasteiger partial charge in [0.15, 0.2) is 0 Å². The van der Waals surface area contributed by atoms with Crippen molar-refractivity contribution in [3.05, 3.63) is 0 Å². The Kier molecular flexibility index (Phi) is 36.2. The van der Waals surface area contributed by atoms with Crippen LogP contribution in [0.1, 0.15) is 131 Å². The Morgan fingerprint density at radius 1 is 0.356 bits per heavy atom. The van der Waals surface area contributed by atoms with Crippen molar-refractivity contribution in [2.75, 3.05) is 92.4 Å². The zero-order valence-electron chi connectivity index (χ0n) is 30.7. The number of hydroxylamine groups is 4. The minimum atomic E-state index is 0.246. The summed E-state index contributed by atoms with van der Waals surface area (Å²) < 4.78 is 34.2. The number of hydrogen-bond donors (Lipinski definition) is 0. The molecule has 0 aromatic heterocycles. The minimum Gasteiger partial charge on any atom is -0.379 e. The fraction of sp³-hybridized carbons (Fsp3) is 1.00. The lowest BCUT2D eigenvalue weighted by Gasteiger charge is -2.35. The molecule has 9 nitrogen and oxygen atoms in total. The van der Waals surface area contributed by atoms with Crippen molar-refractivity contribution in [1.82, 2.24) is 10.1 Å². The average Bonchev–Trinajstić information content (AvgIpc) is 3.05. The van der Waals surface area contributed by atoms with Gasteiger partial charge in [-0.2, -0.15) is 10.1 Å². The summed E-state index contributed by atoms with van der Waals surface area (Å²) in [6.07, 6.45) is 17.3. The molecule has 0 spiro atoms. The van der Waals surface area contributed by atoms with E-state index in [-0.39, 0.29) is 12.1 Å². The standard InChI is InChI=1S/C36H76N2O7/c1-7-11-13-15-17-19-23-39-27-31-43-33-29-41-25-21-35(5)37(9-3)45-38(10-4)36(6)22-26-42-30-34-44-32-28-40-24-20-18-16-14-12-8-2/h35-36H,7-34H2,1-6H3. The summed E-state index contributed by atoms with van der Waals surface area (Å²) in [7, 11) is 0. The maximum absolute atomic E-state index is 6.30. The molecule has 0 rings (SSSR count). The first-order valence-electron chi connectivity index (χ1n) is 18.8. The first kappa shape index (κ1) is 44.6. The Morgan fingerprint density at radius 3 is 0.978 bits per heavy atom. The molecule has 0 saturated carbocycles. The van der Waals surface area contributed by atoms with Gasteiger partial charge in [-0.3, -0.25) is 0 Å². The highest BCUT2D eigenvalue weighted by molar-refractivity contribution is 4.61. The van der Waals surface area contributed by atoms with Crippen LogP contribution in [-0.2, 0) is 33.4 Å². The third-order valence-corrected chi connectivity index (χ3v) is 7.95. The van der Waals surface area contributed by atoms with Crippen LogP contribution in [0.25, 0.3) is 0 Å². The second-order valence-electron chi connectivity index (χ2n) is 12.0. The van der Waals surface area contributed by atoms with E-state index in [1.54, 1.807) is 0 Å². The minimum absolute atomic E-state index is 0.246. The highest BCUT2D eigenvalue weighted by Gasteiger charge is 2.20. The van der Waals surface area contributed by atoms with Gasteiger partial charge in [0.25, 0.3) is 0 Å². The summed E-state index contributed by atoms with van der Waals surface area (Å²) in [5.74, 6) is 0. The Bertz CT molecular complexity index is 515. The molecule has 0 bridgehead atoms. The first-order chi connectivity index (χ1) is 22.1. The number of ether oxygens (including phenoxy) is 6. The molecule has 0 amide bonds. The van der Waals surface area contributed by atoms with Gasteiger partial charge in [-0.1, -0.05) is 91.9 Å². The number of nitrogens with zero attached hydrogens (tertiary/aromatic N) is 2. The summed E-state index contributed by atoms with van der Waals surface area (Å²) in [6, 6.07) is 0.492. The van der Waals surface area contributed by atoms with E-state index in [9.17, 15) is 0 Å². The third kappa shape index (κ3) is 30.7. The summed E-state index contributed by atoms with van der Waals surface area (Å²) in [6.45, 7) is 22.8. The van der Waals surface area contributed by atoms with Crippen LogP contribution in [0.2, 0.25) is 0 Å². The van der Waals surface area contributed by atoms with E-state index in [0.29, 0.717) is 66.1 Å². The quantitative estimate of drug-likeness (QED) is 0.0492. The van der Waals surface area contributed by atoms with Crippen LogP contribution in [-0.4, -0.2) is 115 Å². The van der Waals surface area contributed by atoms with Crippen LogP contribution in [0, 0.1) is 0 Å². The van der Waals surface area contributed by atoms with Gasteiger partial charge in [-0.15, -0.1) is 0 Å². The molecule has 272 valence electrons. The molecule has 0 radical (unpaired) electrons. The van der Waals surface area contributed by atoms with Gasteiger partial charge in [-0.25, -0.2) is 4.94 Å².